The molecule has 0 bridgehead atoms. The van der Waals surface area contributed by atoms with Crippen molar-refractivity contribution in [1.29, 1.82) is 0 Å². The molecule has 0 aliphatic heterocycles. The van der Waals surface area contributed by atoms with Crippen LogP contribution in [0.2, 0.25) is 0 Å². The first-order valence-corrected chi connectivity index (χ1v) is 8.23. The molecule has 2 rings (SSSR count). The smallest absolute Gasteiger partial charge is 0.428 e. The number of hydrogen-bond donors (Lipinski definition) is 1. The lowest BCUT2D eigenvalue weighted by molar-refractivity contribution is -0.125. The largest absolute Gasteiger partial charge is 0.442 e. The fourth-order valence-corrected chi connectivity index (χ4v) is 2.69. The molecule has 0 aromatic rings. The van der Waals surface area contributed by atoms with Gasteiger partial charge in [0.25, 0.3) is 0 Å². The van der Waals surface area contributed by atoms with Crippen LogP contribution >= 0.6 is 0 Å². The third-order valence-electron chi connectivity index (χ3n) is 4.10. The van der Waals surface area contributed by atoms with Gasteiger partial charge in [-0.3, -0.25) is 15.0 Å². The van der Waals surface area contributed by atoms with Gasteiger partial charge < -0.3 is 4.74 Å². The second-order valence-corrected chi connectivity index (χ2v) is 7.27. The van der Waals surface area contributed by atoms with Crippen LogP contribution in [-0.2, 0) is 14.3 Å². The first-order valence-electron chi connectivity index (χ1n) is 8.23. The van der Waals surface area contributed by atoms with E-state index in [1.165, 1.54) is 12.1 Å². The highest BCUT2D eigenvalue weighted by Crippen LogP contribution is 2.33. The van der Waals surface area contributed by atoms with Crippen molar-refractivity contribution in [3.8, 4) is 0 Å². The summed E-state index contributed by atoms with van der Waals surface area (Å²) in [5.41, 5.74) is 3.11. The molecule has 0 saturated heterocycles. The summed E-state index contributed by atoms with van der Waals surface area (Å²) in [7, 11) is 1.53. The minimum Gasteiger partial charge on any atom is -0.442 e. The van der Waals surface area contributed by atoms with Gasteiger partial charge in [0.2, 0.25) is 0 Å². The molecule has 2 aliphatic carbocycles. The molecule has 0 spiro atoms. The minimum atomic E-state index is -0.603. The van der Waals surface area contributed by atoms with Gasteiger partial charge in [-0.15, -0.1) is 0 Å². The highest BCUT2D eigenvalue weighted by atomic mass is 16.6. The first-order chi connectivity index (χ1) is 10.7. The Bertz CT molecular complexity index is 541. The average molecular weight is 322 g/mol. The Labute approximate surface area is 137 Å². The maximum Gasteiger partial charge on any atom is 0.428 e. The van der Waals surface area contributed by atoms with Crippen LogP contribution in [0, 0.1) is 5.92 Å². The van der Waals surface area contributed by atoms with Crippen molar-refractivity contribution in [1.82, 2.24) is 10.4 Å². The summed E-state index contributed by atoms with van der Waals surface area (Å²) >= 11 is 0. The van der Waals surface area contributed by atoms with Crippen molar-refractivity contribution < 1.29 is 19.1 Å². The van der Waals surface area contributed by atoms with E-state index in [-0.39, 0.29) is 23.1 Å². The highest BCUT2D eigenvalue weighted by Gasteiger charge is 2.35. The molecule has 0 aromatic carbocycles. The zero-order valence-electron chi connectivity index (χ0n) is 14.4. The van der Waals surface area contributed by atoms with Crippen LogP contribution in [0.15, 0.2) is 11.3 Å². The van der Waals surface area contributed by atoms with Gasteiger partial charge in [-0.25, -0.2) is 9.80 Å². The zero-order chi connectivity index (χ0) is 17.2. The molecule has 1 saturated carbocycles. The van der Waals surface area contributed by atoms with Gasteiger partial charge >= 0.3 is 6.09 Å². The van der Waals surface area contributed by atoms with Gasteiger partial charge in [-0.2, -0.15) is 0 Å². The number of amides is 1. The fraction of sp³-hybridized carbons (Fsp3) is 0.706. The normalized spacial score (nSPS) is 19.2. The van der Waals surface area contributed by atoms with E-state index in [1.807, 2.05) is 0 Å². The Morgan fingerprint density at radius 3 is 2.35 bits per heavy atom. The van der Waals surface area contributed by atoms with Crippen LogP contribution in [-0.4, -0.2) is 35.3 Å². The third-order valence-corrected chi connectivity index (χ3v) is 4.10. The number of hydrogen-bond acceptors (Lipinski definition) is 5. The number of allylic oxidation sites excluding steroid dienone is 2. The summed E-state index contributed by atoms with van der Waals surface area (Å²) in [6.07, 6.45) is 3.87. The maximum atomic E-state index is 12.5. The second kappa shape index (κ2) is 6.72. The summed E-state index contributed by atoms with van der Waals surface area (Å²) < 4.78 is 5.28. The highest BCUT2D eigenvalue weighted by molar-refractivity contribution is 6.21. The summed E-state index contributed by atoms with van der Waals surface area (Å²) in [4.78, 5) is 36.8. The van der Waals surface area contributed by atoms with Crippen LogP contribution < -0.4 is 5.43 Å². The Morgan fingerprint density at radius 1 is 1.17 bits per heavy atom. The maximum absolute atomic E-state index is 12.5. The predicted molar refractivity (Wildman–Crippen MR) is 85.4 cm³/mol. The average Bonchev–Trinajstić information content (AvgIpc) is 2.34. The Hall–Kier alpha value is -1.85. The molecule has 1 amide bonds. The first kappa shape index (κ1) is 17.5. The van der Waals surface area contributed by atoms with E-state index in [1.54, 1.807) is 20.8 Å². The number of carbonyl (C=O) groups excluding carboxylic acids is 3. The monoisotopic (exact) mass is 322 g/mol. The van der Waals surface area contributed by atoms with Gasteiger partial charge in [0, 0.05) is 25.1 Å². The lowest BCUT2D eigenvalue weighted by Crippen LogP contribution is -2.44. The molecule has 2 aliphatic rings. The topological polar surface area (TPSA) is 75.7 Å². The van der Waals surface area contributed by atoms with Crippen LogP contribution in [0.5, 0.6) is 0 Å². The van der Waals surface area contributed by atoms with Crippen molar-refractivity contribution >= 4 is 17.7 Å². The van der Waals surface area contributed by atoms with Crippen LogP contribution in [0.4, 0.5) is 4.79 Å². The van der Waals surface area contributed by atoms with Crippen molar-refractivity contribution in [3.63, 3.8) is 0 Å². The van der Waals surface area contributed by atoms with E-state index < -0.39 is 11.7 Å². The Kier molecular flexibility index (Phi) is 5.12. The molecule has 0 aromatic heterocycles. The number of ether oxygens (including phenoxy) is 1. The van der Waals surface area contributed by atoms with Gasteiger partial charge in [0.1, 0.15) is 5.60 Å². The van der Waals surface area contributed by atoms with Crippen LogP contribution in [0.25, 0.3) is 0 Å². The number of rotatable bonds is 4. The summed E-state index contributed by atoms with van der Waals surface area (Å²) in [5, 5.41) is 1.20. The van der Waals surface area contributed by atoms with Crippen LogP contribution in [0.3, 0.4) is 0 Å². The molecule has 1 fully saturated rings. The molecule has 128 valence electrons. The minimum absolute atomic E-state index is 0.0318. The summed E-state index contributed by atoms with van der Waals surface area (Å²) in [6, 6.07) is 0. The van der Waals surface area contributed by atoms with E-state index in [2.05, 4.69) is 5.43 Å². The number of hydrazine groups is 1. The van der Waals surface area contributed by atoms with Gasteiger partial charge in [-0.05, 0) is 46.5 Å². The number of nitrogens with zero attached hydrogens (tertiary/aromatic N) is 1. The SMILES string of the molecule is CN(NC1=C(C(=O)C2CCC2)C(=O)CCC1)C(=O)OC(C)(C)C. The fourth-order valence-electron chi connectivity index (χ4n) is 2.69. The molecule has 0 radical (unpaired) electrons. The molecular weight excluding hydrogens is 296 g/mol. The molecule has 0 heterocycles. The van der Waals surface area contributed by atoms with Gasteiger partial charge in [0.15, 0.2) is 11.6 Å². The summed E-state index contributed by atoms with van der Waals surface area (Å²) in [6.45, 7) is 5.36. The van der Waals surface area contributed by atoms with E-state index in [0.29, 0.717) is 25.0 Å². The molecule has 6 nitrogen and oxygen atoms in total. The summed E-state index contributed by atoms with van der Waals surface area (Å²) in [5.74, 6) is -0.218. The molecule has 6 heteroatoms. The van der Waals surface area contributed by atoms with Gasteiger partial charge in [-0.1, -0.05) is 6.42 Å². The van der Waals surface area contributed by atoms with Crippen molar-refractivity contribution in [2.75, 3.05) is 7.05 Å². The van der Waals surface area contributed by atoms with E-state index in [9.17, 15) is 14.4 Å². The van der Waals surface area contributed by atoms with E-state index in [4.69, 9.17) is 4.74 Å². The zero-order valence-corrected chi connectivity index (χ0v) is 14.4. The predicted octanol–water partition coefficient (Wildman–Crippen LogP) is 2.73. The van der Waals surface area contributed by atoms with Gasteiger partial charge in [0.05, 0.1) is 5.57 Å². The third kappa shape index (κ3) is 4.33. The van der Waals surface area contributed by atoms with Crippen LogP contribution in [0.1, 0.15) is 59.3 Å². The molecule has 0 atom stereocenters. The standard InChI is InChI=1S/C17H26N2O4/c1-17(2,3)23-16(22)19(4)18-12-9-6-10-13(20)14(12)15(21)11-7-5-8-11/h11,18H,5-10H2,1-4H3. The second-order valence-electron chi connectivity index (χ2n) is 7.27. The lowest BCUT2D eigenvalue weighted by Gasteiger charge is -2.30. The Balaban J connectivity index is 2.14. The number of ketones is 2. The molecule has 0 unspecified atom stereocenters. The lowest BCUT2D eigenvalue weighted by atomic mass is 9.77. The van der Waals surface area contributed by atoms with E-state index >= 15 is 0 Å². The van der Waals surface area contributed by atoms with Crippen molar-refractivity contribution in [2.24, 2.45) is 5.92 Å². The van der Waals surface area contributed by atoms with Crippen molar-refractivity contribution in [2.45, 2.75) is 64.9 Å². The number of carbonyl (C=O) groups is 3. The number of Topliss-reactive ketones (excluding diaryl/α,β-unsaturated/α-hetero) is 2. The van der Waals surface area contributed by atoms with E-state index in [0.717, 1.165) is 19.3 Å². The molecule has 23 heavy (non-hydrogen) atoms. The number of nitrogens with one attached hydrogen (secondary N) is 1. The molecular formula is C17H26N2O4. The molecule has 1 N–H and O–H groups in total. The quantitative estimate of drug-likeness (QED) is 0.636. The Morgan fingerprint density at radius 2 is 1.83 bits per heavy atom. The van der Waals surface area contributed by atoms with Crippen molar-refractivity contribution in [3.05, 3.63) is 11.3 Å².